The van der Waals surface area contributed by atoms with E-state index in [-0.39, 0.29) is 12.5 Å². The van der Waals surface area contributed by atoms with E-state index in [1.165, 1.54) is 4.90 Å². The molecule has 0 fully saturated rings. The minimum atomic E-state index is -0.503. The number of benzene rings is 1. The molecule has 0 aromatic heterocycles. The van der Waals surface area contributed by atoms with Crippen LogP contribution >= 0.6 is 0 Å². The van der Waals surface area contributed by atoms with Gasteiger partial charge in [-0.05, 0) is 25.1 Å². The van der Waals surface area contributed by atoms with E-state index in [0.717, 1.165) is 5.69 Å². The van der Waals surface area contributed by atoms with Gasteiger partial charge in [-0.25, -0.2) is 0 Å². The molecular weight excluding hydrogens is 218 g/mol. The van der Waals surface area contributed by atoms with Crippen LogP contribution in [0.2, 0.25) is 0 Å². The molecule has 0 aliphatic carbocycles. The van der Waals surface area contributed by atoms with Crippen molar-refractivity contribution in [3.8, 4) is 11.8 Å². The van der Waals surface area contributed by atoms with Gasteiger partial charge in [0, 0.05) is 12.7 Å². The largest absolute Gasteiger partial charge is 0.482 e. The molecule has 1 atom stereocenters. The third-order valence-electron chi connectivity index (χ3n) is 2.70. The molecule has 0 saturated carbocycles. The number of carbonyl (C=O) groups is 1. The summed E-state index contributed by atoms with van der Waals surface area (Å²) in [6, 6.07) is 7.04. The zero-order valence-electron chi connectivity index (χ0n) is 9.73. The van der Waals surface area contributed by atoms with Gasteiger partial charge in [-0.2, -0.15) is 5.26 Å². The molecule has 1 aromatic rings. The molecule has 1 heterocycles. The van der Waals surface area contributed by atoms with Crippen molar-refractivity contribution in [2.45, 2.75) is 13.0 Å². The Morgan fingerprint density at radius 3 is 3.00 bits per heavy atom. The molecule has 17 heavy (non-hydrogen) atoms. The third kappa shape index (κ3) is 1.89. The number of amides is 1. The van der Waals surface area contributed by atoms with Crippen LogP contribution in [0.3, 0.4) is 0 Å². The summed E-state index contributed by atoms with van der Waals surface area (Å²) in [4.78, 5) is 13.3. The summed E-state index contributed by atoms with van der Waals surface area (Å²) in [6.45, 7) is 1.68. The fraction of sp³-hybridized carbons (Fsp3) is 0.333. The Morgan fingerprint density at radius 2 is 2.35 bits per heavy atom. The van der Waals surface area contributed by atoms with Crippen molar-refractivity contribution in [1.82, 2.24) is 0 Å². The Hall–Kier alpha value is -2.22. The number of carbonyl (C=O) groups excluding carboxylic acids is 1. The number of nitrogens with zero attached hydrogens (tertiary/aromatic N) is 2. The Morgan fingerprint density at radius 1 is 1.59 bits per heavy atom. The maximum absolute atomic E-state index is 11.8. The highest BCUT2D eigenvalue weighted by atomic mass is 16.5. The first kappa shape index (κ1) is 11.3. The van der Waals surface area contributed by atoms with Crippen LogP contribution in [0.15, 0.2) is 18.2 Å². The fourth-order valence-electron chi connectivity index (χ4n) is 1.81. The molecule has 1 N–H and O–H groups in total. The van der Waals surface area contributed by atoms with E-state index in [1.54, 1.807) is 26.1 Å². The number of ether oxygens (including phenoxy) is 1. The van der Waals surface area contributed by atoms with Crippen molar-refractivity contribution in [2.24, 2.45) is 0 Å². The first-order chi connectivity index (χ1) is 8.17. The maximum atomic E-state index is 11.8. The van der Waals surface area contributed by atoms with E-state index < -0.39 is 6.04 Å². The molecule has 0 bridgehead atoms. The van der Waals surface area contributed by atoms with Gasteiger partial charge in [-0.3, -0.25) is 9.69 Å². The van der Waals surface area contributed by atoms with Crippen LogP contribution in [0.5, 0.6) is 5.75 Å². The van der Waals surface area contributed by atoms with Crippen molar-refractivity contribution in [2.75, 3.05) is 23.9 Å². The molecule has 0 saturated heterocycles. The number of nitriles is 1. The predicted molar refractivity (Wildman–Crippen MR) is 64.0 cm³/mol. The molecule has 1 amide bonds. The number of anilines is 2. The lowest BCUT2D eigenvalue weighted by Crippen LogP contribution is -2.43. The number of hydrogen-bond acceptors (Lipinski definition) is 4. The molecule has 5 nitrogen and oxygen atoms in total. The van der Waals surface area contributed by atoms with Crippen LogP contribution in [0.1, 0.15) is 6.92 Å². The van der Waals surface area contributed by atoms with Gasteiger partial charge in [0.05, 0.1) is 11.8 Å². The Labute approximate surface area is 99.6 Å². The molecule has 1 aromatic carbocycles. The summed E-state index contributed by atoms with van der Waals surface area (Å²) in [5.41, 5.74) is 1.51. The third-order valence-corrected chi connectivity index (χ3v) is 2.70. The quantitative estimate of drug-likeness (QED) is 0.834. The van der Waals surface area contributed by atoms with E-state index in [0.29, 0.717) is 11.4 Å². The zero-order valence-corrected chi connectivity index (χ0v) is 9.73. The standard InChI is InChI=1S/C12H13N3O2/c1-8(6-13)15-10-5-9(14-2)3-4-11(10)17-7-12(15)16/h3-5,8,14H,7H2,1-2H3. The highest BCUT2D eigenvalue weighted by Crippen LogP contribution is 2.35. The van der Waals surface area contributed by atoms with Crippen molar-refractivity contribution >= 4 is 17.3 Å². The summed E-state index contributed by atoms with van der Waals surface area (Å²) >= 11 is 0. The average molecular weight is 231 g/mol. The molecular formula is C12H13N3O2. The predicted octanol–water partition coefficient (Wildman–Crippen LogP) is 1.37. The fourth-order valence-corrected chi connectivity index (χ4v) is 1.81. The summed E-state index contributed by atoms with van der Waals surface area (Å²) in [5, 5.41) is 11.9. The van der Waals surface area contributed by atoms with Gasteiger partial charge < -0.3 is 10.1 Å². The van der Waals surface area contributed by atoms with Gasteiger partial charge in [0.25, 0.3) is 5.91 Å². The second-order valence-corrected chi connectivity index (χ2v) is 3.79. The van der Waals surface area contributed by atoms with Crippen LogP contribution in [0.25, 0.3) is 0 Å². The highest BCUT2D eigenvalue weighted by molar-refractivity contribution is 5.99. The van der Waals surface area contributed by atoms with Gasteiger partial charge in [-0.15, -0.1) is 0 Å². The van der Waals surface area contributed by atoms with Gasteiger partial charge in [0.1, 0.15) is 11.8 Å². The summed E-state index contributed by atoms with van der Waals surface area (Å²) in [6.07, 6.45) is 0. The molecule has 5 heteroatoms. The summed E-state index contributed by atoms with van der Waals surface area (Å²) in [7, 11) is 1.80. The van der Waals surface area contributed by atoms with Crippen LogP contribution in [-0.2, 0) is 4.79 Å². The number of fused-ring (bicyclic) bond motifs is 1. The van der Waals surface area contributed by atoms with Gasteiger partial charge in [0.15, 0.2) is 6.61 Å². The summed E-state index contributed by atoms with van der Waals surface area (Å²) in [5.74, 6) is 0.436. The second-order valence-electron chi connectivity index (χ2n) is 3.79. The minimum absolute atomic E-state index is 0.0160. The smallest absolute Gasteiger partial charge is 0.266 e. The van der Waals surface area contributed by atoms with Crippen molar-refractivity contribution < 1.29 is 9.53 Å². The lowest BCUT2D eigenvalue weighted by Gasteiger charge is -2.31. The maximum Gasteiger partial charge on any atom is 0.266 e. The SMILES string of the molecule is CNc1ccc2c(c1)N(C(C)C#N)C(=O)CO2. The minimum Gasteiger partial charge on any atom is -0.482 e. The van der Waals surface area contributed by atoms with E-state index in [2.05, 4.69) is 11.4 Å². The Bertz CT molecular complexity index is 493. The van der Waals surface area contributed by atoms with E-state index in [1.807, 2.05) is 6.07 Å². The van der Waals surface area contributed by atoms with Crippen molar-refractivity contribution in [3.05, 3.63) is 18.2 Å². The van der Waals surface area contributed by atoms with E-state index in [9.17, 15) is 4.79 Å². The first-order valence-corrected chi connectivity index (χ1v) is 5.33. The van der Waals surface area contributed by atoms with Crippen molar-refractivity contribution in [1.29, 1.82) is 5.26 Å². The molecule has 1 unspecified atom stereocenters. The van der Waals surface area contributed by atoms with E-state index >= 15 is 0 Å². The van der Waals surface area contributed by atoms with Gasteiger partial charge >= 0.3 is 0 Å². The molecule has 0 spiro atoms. The van der Waals surface area contributed by atoms with E-state index in [4.69, 9.17) is 10.00 Å². The average Bonchev–Trinajstić information content (AvgIpc) is 2.37. The molecule has 2 rings (SSSR count). The lowest BCUT2D eigenvalue weighted by molar-refractivity contribution is -0.121. The Kier molecular flexibility index (Phi) is 2.88. The normalized spacial score (nSPS) is 15.6. The van der Waals surface area contributed by atoms with Crippen molar-refractivity contribution in [3.63, 3.8) is 0 Å². The second kappa shape index (κ2) is 4.34. The monoisotopic (exact) mass is 231 g/mol. The number of rotatable bonds is 2. The molecule has 1 aliphatic heterocycles. The summed E-state index contributed by atoms with van der Waals surface area (Å²) < 4.78 is 5.33. The van der Waals surface area contributed by atoms with Crippen LogP contribution < -0.4 is 15.0 Å². The molecule has 0 radical (unpaired) electrons. The Balaban J connectivity index is 2.49. The van der Waals surface area contributed by atoms with Gasteiger partial charge in [0.2, 0.25) is 0 Å². The first-order valence-electron chi connectivity index (χ1n) is 5.33. The van der Waals surface area contributed by atoms with Crippen LogP contribution in [-0.4, -0.2) is 25.6 Å². The van der Waals surface area contributed by atoms with Crippen LogP contribution in [0.4, 0.5) is 11.4 Å². The number of hydrogen-bond donors (Lipinski definition) is 1. The lowest BCUT2D eigenvalue weighted by atomic mass is 10.1. The zero-order chi connectivity index (χ0) is 12.4. The van der Waals surface area contributed by atoms with Crippen LogP contribution in [0, 0.1) is 11.3 Å². The van der Waals surface area contributed by atoms with Gasteiger partial charge in [-0.1, -0.05) is 0 Å². The molecule has 88 valence electrons. The highest BCUT2D eigenvalue weighted by Gasteiger charge is 2.29. The molecule has 1 aliphatic rings. The number of nitrogens with one attached hydrogen (secondary N) is 1. The topological polar surface area (TPSA) is 65.4 Å².